The summed E-state index contributed by atoms with van der Waals surface area (Å²) in [5.41, 5.74) is 7.32. The van der Waals surface area contributed by atoms with Crippen molar-refractivity contribution in [2.24, 2.45) is 0 Å². The number of piperazine rings is 1. The van der Waals surface area contributed by atoms with Crippen molar-refractivity contribution >= 4 is 11.7 Å². The van der Waals surface area contributed by atoms with Gasteiger partial charge in [0, 0.05) is 55.0 Å². The molecule has 1 aliphatic rings. The van der Waals surface area contributed by atoms with Crippen LogP contribution in [0.1, 0.15) is 38.3 Å². The Morgan fingerprint density at radius 3 is 2.27 bits per heavy atom. The van der Waals surface area contributed by atoms with E-state index in [4.69, 9.17) is 9.97 Å². The van der Waals surface area contributed by atoms with Gasteiger partial charge >= 0.3 is 0 Å². The summed E-state index contributed by atoms with van der Waals surface area (Å²) in [5, 5.41) is 0. The van der Waals surface area contributed by atoms with Gasteiger partial charge < -0.3 is 9.80 Å². The molecule has 1 aliphatic heterocycles. The molecule has 0 N–H and O–H groups in total. The molecule has 6 heteroatoms. The van der Waals surface area contributed by atoms with E-state index >= 15 is 0 Å². The summed E-state index contributed by atoms with van der Waals surface area (Å²) in [5.74, 6) is 1.23. The van der Waals surface area contributed by atoms with Crippen molar-refractivity contribution in [3.8, 4) is 11.4 Å². The van der Waals surface area contributed by atoms with Crippen LogP contribution in [0.3, 0.4) is 0 Å². The number of aryl methyl sites for hydroxylation is 3. The second-order valence-electron chi connectivity index (χ2n) is 9.69. The van der Waals surface area contributed by atoms with Crippen LogP contribution in [0, 0.1) is 26.6 Å². The largest absolute Gasteiger partial charge is 0.353 e. The van der Waals surface area contributed by atoms with E-state index in [0.29, 0.717) is 37.6 Å². The standard InChI is InChI=1S/C31H31FN4O/c1-21-9-10-22(2)26(19-21)20-28-23(3)33-29(24-7-5-4-6-8-24)34-30(28)35-15-17-36(18-16-35)31(37)25-11-13-27(32)14-12-25/h4-14,19H,15-18,20H2,1-3H3. The van der Waals surface area contributed by atoms with E-state index < -0.39 is 0 Å². The number of carbonyl (C=O) groups excluding carboxylic acids is 1. The molecule has 37 heavy (non-hydrogen) atoms. The minimum atomic E-state index is -0.342. The van der Waals surface area contributed by atoms with E-state index in [1.807, 2.05) is 35.2 Å². The smallest absolute Gasteiger partial charge is 0.253 e. The molecule has 0 bridgehead atoms. The molecule has 3 aromatic carbocycles. The molecule has 5 nitrogen and oxygen atoms in total. The first-order valence-electron chi connectivity index (χ1n) is 12.7. The number of aromatic nitrogens is 2. The normalized spacial score (nSPS) is 13.6. The van der Waals surface area contributed by atoms with E-state index in [9.17, 15) is 9.18 Å². The topological polar surface area (TPSA) is 49.3 Å². The molecular weight excluding hydrogens is 463 g/mol. The summed E-state index contributed by atoms with van der Waals surface area (Å²) in [6, 6.07) is 22.3. The third-order valence-electron chi connectivity index (χ3n) is 7.05. The number of hydrogen-bond acceptors (Lipinski definition) is 4. The Balaban J connectivity index is 1.46. The van der Waals surface area contributed by atoms with Gasteiger partial charge in [-0.1, -0.05) is 54.1 Å². The molecule has 188 valence electrons. The van der Waals surface area contributed by atoms with Gasteiger partial charge in [-0.25, -0.2) is 14.4 Å². The second-order valence-corrected chi connectivity index (χ2v) is 9.69. The number of benzene rings is 3. The number of amides is 1. The van der Waals surface area contributed by atoms with Gasteiger partial charge in [0.15, 0.2) is 5.82 Å². The highest BCUT2D eigenvalue weighted by molar-refractivity contribution is 5.94. The van der Waals surface area contributed by atoms with Crippen LogP contribution >= 0.6 is 0 Å². The van der Waals surface area contributed by atoms with Crippen LogP contribution in [0.15, 0.2) is 72.8 Å². The molecule has 0 atom stereocenters. The fourth-order valence-corrected chi connectivity index (χ4v) is 4.84. The molecular formula is C31H31FN4O. The number of rotatable bonds is 5. The molecule has 0 unspecified atom stereocenters. The van der Waals surface area contributed by atoms with E-state index in [0.717, 1.165) is 29.1 Å². The highest BCUT2D eigenvalue weighted by Crippen LogP contribution is 2.29. The lowest BCUT2D eigenvalue weighted by Gasteiger charge is -2.36. The summed E-state index contributed by atoms with van der Waals surface area (Å²) in [6.45, 7) is 8.79. The van der Waals surface area contributed by atoms with E-state index in [-0.39, 0.29) is 11.7 Å². The van der Waals surface area contributed by atoms with Crippen molar-refractivity contribution in [1.82, 2.24) is 14.9 Å². The third-order valence-corrected chi connectivity index (χ3v) is 7.05. The summed E-state index contributed by atoms with van der Waals surface area (Å²) >= 11 is 0. The average molecular weight is 495 g/mol. The maximum absolute atomic E-state index is 13.3. The highest BCUT2D eigenvalue weighted by atomic mass is 19.1. The van der Waals surface area contributed by atoms with E-state index in [1.165, 1.54) is 28.8 Å². The number of nitrogens with zero attached hydrogens (tertiary/aromatic N) is 4. The fourth-order valence-electron chi connectivity index (χ4n) is 4.84. The van der Waals surface area contributed by atoms with Gasteiger partial charge in [-0.05, 0) is 56.2 Å². The number of halogens is 1. The molecule has 4 aromatic rings. The fraction of sp³-hybridized carbons (Fsp3) is 0.258. The summed E-state index contributed by atoms with van der Waals surface area (Å²) in [6.07, 6.45) is 0.748. The van der Waals surface area contributed by atoms with Gasteiger partial charge in [-0.2, -0.15) is 0 Å². The SMILES string of the molecule is Cc1ccc(C)c(Cc2c(C)nc(-c3ccccc3)nc2N2CCN(C(=O)c3ccc(F)cc3)CC2)c1. The Kier molecular flexibility index (Phi) is 6.99. The molecule has 1 amide bonds. The Bertz CT molecular complexity index is 1410. The van der Waals surface area contributed by atoms with Gasteiger partial charge in [-0.3, -0.25) is 4.79 Å². The molecule has 0 spiro atoms. The summed E-state index contributed by atoms with van der Waals surface area (Å²) in [4.78, 5) is 27.1. The Morgan fingerprint density at radius 2 is 1.57 bits per heavy atom. The summed E-state index contributed by atoms with van der Waals surface area (Å²) in [7, 11) is 0. The monoisotopic (exact) mass is 494 g/mol. The number of anilines is 1. The zero-order chi connectivity index (χ0) is 25.9. The Morgan fingerprint density at radius 1 is 0.865 bits per heavy atom. The van der Waals surface area contributed by atoms with Crippen LogP contribution in [0.25, 0.3) is 11.4 Å². The lowest BCUT2D eigenvalue weighted by molar-refractivity contribution is 0.0746. The van der Waals surface area contributed by atoms with Crippen molar-refractivity contribution in [2.75, 3.05) is 31.1 Å². The lowest BCUT2D eigenvalue weighted by Crippen LogP contribution is -2.49. The molecule has 0 radical (unpaired) electrons. The minimum Gasteiger partial charge on any atom is -0.353 e. The van der Waals surface area contributed by atoms with Crippen LogP contribution in [-0.2, 0) is 6.42 Å². The Hall–Kier alpha value is -4.06. The molecule has 5 rings (SSSR count). The van der Waals surface area contributed by atoms with Crippen LogP contribution in [0.2, 0.25) is 0 Å². The van der Waals surface area contributed by atoms with Crippen LogP contribution in [0.4, 0.5) is 10.2 Å². The first kappa shape index (κ1) is 24.6. The zero-order valence-corrected chi connectivity index (χ0v) is 21.5. The van der Waals surface area contributed by atoms with Gasteiger partial charge in [-0.15, -0.1) is 0 Å². The van der Waals surface area contributed by atoms with Crippen molar-refractivity contribution in [3.63, 3.8) is 0 Å². The molecule has 0 aliphatic carbocycles. The van der Waals surface area contributed by atoms with E-state index in [1.54, 1.807) is 12.1 Å². The van der Waals surface area contributed by atoms with E-state index in [2.05, 4.69) is 43.9 Å². The number of hydrogen-bond donors (Lipinski definition) is 0. The van der Waals surface area contributed by atoms with Crippen LogP contribution in [-0.4, -0.2) is 47.0 Å². The average Bonchev–Trinajstić information content (AvgIpc) is 2.92. The lowest BCUT2D eigenvalue weighted by atomic mass is 9.97. The second kappa shape index (κ2) is 10.5. The third kappa shape index (κ3) is 5.38. The van der Waals surface area contributed by atoms with Crippen LogP contribution in [0.5, 0.6) is 0 Å². The number of carbonyl (C=O) groups is 1. The molecule has 1 saturated heterocycles. The van der Waals surface area contributed by atoms with Crippen molar-refractivity contribution in [1.29, 1.82) is 0 Å². The first-order valence-corrected chi connectivity index (χ1v) is 12.7. The van der Waals surface area contributed by atoms with Gasteiger partial charge in [0.2, 0.25) is 0 Å². The minimum absolute atomic E-state index is 0.0703. The van der Waals surface area contributed by atoms with Crippen molar-refractivity contribution < 1.29 is 9.18 Å². The Labute approximate surface area is 217 Å². The summed E-state index contributed by atoms with van der Waals surface area (Å²) < 4.78 is 13.3. The maximum Gasteiger partial charge on any atom is 0.253 e. The predicted molar refractivity (Wildman–Crippen MR) is 145 cm³/mol. The maximum atomic E-state index is 13.3. The highest BCUT2D eigenvalue weighted by Gasteiger charge is 2.26. The van der Waals surface area contributed by atoms with Crippen LogP contribution < -0.4 is 4.90 Å². The van der Waals surface area contributed by atoms with Crippen molar-refractivity contribution in [3.05, 3.63) is 112 Å². The molecule has 0 saturated carbocycles. The zero-order valence-electron chi connectivity index (χ0n) is 21.5. The van der Waals surface area contributed by atoms with Gasteiger partial charge in [0.05, 0.1) is 0 Å². The van der Waals surface area contributed by atoms with Gasteiger partial charge in [0.1, 0.15) is 11.6 Å². The van der Waals surface area contributed by atoms with Crippen molar-refractivity contribution in [2.45, 2.75) is 27.2 Å². The molecule has 2 heterocycles. The first-order chi connectivity index (χ1) is 17.9. The quantitative estimate of drug-likeness (QED) is 0.354. The molecule has 1 fully saturated rings. The van der Waals surface area contributed by atoms with Gasteiger partial charge in [0.25, 0.3) is 5.91 Å². The molecule has 1 aromatic heterocycles. The predicted octanol–water partition coefficient (Wildman–Crippen LogP) is 5.76.